The predicted molar refractivity (Wildman–Crippen MR) is 131 cm³/mol. The Kier molecular flexibility index (Phi) is 7.59. The van der Waals surface area contributed by atoms with Gasteiger partial charge in [0.05, 0.1) is 22.0 Å². The Morgan fingerprint density at radius 3 is 2.40 bits per heavy atom. The molecule has 0 atom stereocenters. The summed E-state index contributed by atoms with van der Waals surface area (Å²) < 4.78 is 38.4. The Labute approximate surface area is 207 Å². The van der Waals surface area contributed by atoms with Crippen LogP contribution in [0.2, 0.25) is 5.02 Å². The second-order valence-electron chi connectivity index (χ2n) is 9.38. The van der Waals surface area contributed by atoms with Crippen LogP contribution in [0.5, 0.6) is 0 Å². The molecule has 2 amide bonds. The minimum absolute atomic E-state index is 0.0388. The number of carbonyl (C=O) groups is 1. The Morgan fingerprint density at radius 1 is 1.06 bits per heavy atom. The molecule has 2 aliphatic rings. The van der Waals surface area contributed by atoms with Crippen LogP contribution in [0.15, 0.2) is 18.2 Å². The van der Waals surface area contributed by atoms with Crippen LogP contribution in [0.4, 0.5) is 35.4 Å². The second-order valence-corrected chi connectivity index (χ2v) is 9.79. The molecule has 1 aromatic carbocycles. The van der Waals surface area contributed by atoms with Crippen molar-refractivity contribution in [1.29, 1.82) is 0 Å². The molecule has 35 heavy (non-hydrogen) atoms. The third-order valence-electron chi connectivity index (χ3n) is 6.53. The summed E-state index contributed by atoms with van der Waals surface area (Å²) in [7, 11) is 4.00. The van der Waals surface area contributed by atoms with Gasteiger partial charge in [0.15, 0.2) is 0 Å². The highest BCUT2D eigenvalue weighted by Gasteiger charge is 2.31. The molecule has 1 fully saturated rings. The van der Waals surface area contributed by atoms with Crippen molar-refractivity contribution in [3.8, 4) is 0 Å². The first-order valence-corrected chi connectivity index (χ1v) is 12.3. The van der Waals surface area contributed by atoms with Crippen LogP contribution >= 0.6 is 11.6 Å². The Hall–Kier alpha value is -2.75. The average molecular weight is 511 g/mol. The van der Waals surface area contributed by atoms with Gasteiger partial charge in [-0.3, -0.25) is 0 Å². The van der Waals surface area contributed by atoms with Gasteiger partial charge in [-0.25, -0.2) is 9.78 Å². The van der Waals surface area contributed by atoms with E-state index in [1.807, 2.05) is 19.0 Å². The quantitative estimate of drug-likeness (QED) is 0.485. The molecule has 2 aromatic rings. The maximum atomic E-state index is 12.8. The van der Waals surface area contributed by atoms with Crippen molar-refractivity contribution in [2.24, 2.45) is 0 Å². The number of carbonyl (C=O) groups excluding carboxylic acids is 1. The molecule has 4 rings (SSSR count). The summed E-state index contributed by atoms with van der Waals surface area (Å²) in [5.41, 5.74) is 1.65. The SMILES string of the molecule is CN(C)c1nc(NC2CCC(NC(=O)Nc3ccc(C(F)(F)F)cc3Cl)CC2)nc2c1CCCC2. The number of benzene rings is 1. The summed E-state index contributed by atoms with van der Waals surface area (Å²) >= 11 is 5.93. The fourth-order valence-corrected chi connectivity index (χ4v) is 4.94. The number of halogens is 4. The van der Waals surface area contributed by atoms with E-state index >= 15 is 0 Å². The van der Waals surface area contributed by atoms with E-state index in [0.29, 0.717) is 5.95 Å². The maximum absolute atomic E-state index is 12.8. The molecule has 1 heterocycles. The molecule has 0 saturated heterocycles. The second kappa shape index (κ2) is 10.5. The van der Waals surface area contributed by atoms with Crippen LogP contribution in [0.25, 0.3) is 0 Å². The van der Waals surface area contributed by atoms with Crippen molar-refractivity contribution in [2.75, 3.05) is 29.6 Å². The van der Waals surface area contributed by atoms with Crippen molar-refractivity contribution >= 4 is 35.1 Å². The summed E-state index contributed by atoms with van der Waals surface area (Å²) in [6.45, 7) is 0. The molecule has 0 aliphatic heterocycles. The van der Waals surface area contributed by atoms with E-state index in [2.05, 4.69) is 16.0 Å². The van der Waals surface area contributed by atoms with Gasteiger partial charge in [-0.2, -0.15) is 18.2 Å². The van der Waals surface area contributed by atoms with E-state index in [9.17, 15) is 18.0 Å². The van der Waals surface area contributed by atoms with Crippen molar-refractivity contribution in [2.45, 2.75) is 69.6 Å². The molecular formula is C24H30ClF3N6O. The van der Waals surface area contributed by atoms with Gasteiger partial charge in [0.2, 0.25) is 5.95 Å². The highest BCUT2D eigenvalue weighted by atomic mass is 35.5. The first-order chi connectivity index (χ1) is 16.6. The number of aryl methyl sites for hydroxylation is 1. The average Bonchev–Trinajstić information content (AvgIpc) is 2.80. The summed E-state index contributed by atoms with van der Waals surface area (Å²) in [6, 6.07) is 2.53. The zero-order valence-electron chi connectivity index (χ0n) is 19.8. The van der Waals surface area contributed by atoms with Crippen LogP contribution in [0, 0.1) is 0 Å². The van der Waals surface area contributed by atoms with Crippen LogP contribution in [0.1, 0.15) is 55.3 Å². The third-order valence-corrected chi connectivity index (χ3v) is 6.84. The first-order valence-electron chi connectivity index (χ1n) is 11.9. The number of alkyl halides is 3. The number of urea groups is 1. The number of fused-ring (bicyclic) bond motifs is 1. The molecule has 7 nitrogen and oxygen atoms in total. The lowest BCUT2D eigenvalue weighted by atomic mass is 9.91. The molecule has 0 radical (unpaired) electrons. The van der Waals surface area contributed by atoms with Crippen molar-refractivity contribution < 1.29 is 18.0 Å². The molecule has 0 spiro atoms. The van der Waals surface area contributed by atoms with E-state index < -0.39 is 17.8 Å². The predicted octanol–water partition coefficient (Wildman–Crippen LogP) is 5.64. The van der Waals surface area contributed by atoms with Gasteiger partial charge in [-0.15, -0.1) is 0 Å². The lowest BCUT2D eigenvalue weighted by Gasteiger charge is -2.30. The van der Waals surface area contributed by atoms with Crippen molar-refractivity contribution in [1.82, 2.24) is 15.3 Å². The Balaban J connectivity index is 1.29. The van der Waals surface area contributed by atoms with Crippen molar-refractivity contribution in [3.05, 3.63) is 40.0 Å². The van der Waals surface area contributed by atoms with Gasteiger partial charge >= 0.3 is 12.2 Å². The van der Waals surface area contributed by atoms with Crippen LogP contribution in [0.3, 0.4) is 0 Å². The number of anilines is 3. The molecule has 1 aromatic heterocycles. The number of rotatable bonds is 5. The molecule has 11 heteroatoms. The summed E-state index contributed by atoms with van der Waals surface area (Å²) in [6.07, 6.45) is 3.01. The monoisotopic (exact) mass is 510 g/mol. The van der Waals surface area contributed by atoms with Gasteiger partial charge in [0.25, 0.3) is 0 Å². The molecule has 190 valence electrons. The van der Waals surface area contributed by atoms with Crippen LogP contribution < -0.4 is 20.9 Å². The lowest BCUT2D eigenvalue weighted by Crippen LogP contribution is -2.42. The zero-order valence-corrected chi connectivity index (χ0v) is 20.6. The number of nitrogens with zero attached hydrogens (tertiary/aromatic N) is 3. The van der Waals surface area contributed by atoms with Gasteiger partial charge in [-0.1, -0.05) is 11.6 Å². The minimum Gasteiger partial charge on any atom is -0.362 e. The van der Waals surface area contributed by atoms with E-state index in [0.717, 1.165) is 74.7 Å². The van der Waals surface area contributed by atoms with Crippen molar-refractivity contribution in [3.63, 3.8) is 0 Å². The Bertz CT molecular complexity index is 1070. The first kappa shape index (κ1) is 25.3. The van der Waals surface area contributed by atoms with Gasteiger partial charge in [-0.05, 0) is 69.6 Å². The number of nitrogens with one attached hydrogen (secondary N) is 3. The van der Waals surface area contributed by atoms with Crippen LogP contribution in [-0.4, -0.2) is 42.2 Å². The summed E-state index contributed by atoms with van der Waals surface area (Å²) in [5.74, 6) is 1.63. The molecule has 1 saturated carbocycles. The summed E-state index contributed by atoms with van der Waals surface area (Å²) in [5, 5.41) is 8.75. The molecule has 2 aliphatic carbocycles. The fraction of sp³-hybridized carbons (Fsp3) is 0.542. The molecular weight excluding hydrogens is 481 g/mol. The van der Waals surface area contributed by atoms with Gasteiger partial charge < -0.3 is 20.9 Å². The highest BCUT2D eigenvalue weighted by Crippen LogP contribution is 2.34. The lowest BCUT2D eigenvalue weighted by molar-refractivity contribution is -0.137. The van der Waals surface area contributed by atoms with Gasteiger partial charge in [0, 0.05) is 31.7 Å². The van der Waals surface area contributed by atoms with Crippen LogP contribution in [-0.2, 0) is 19.0 Å². The Morgan fingerprint density at radius 2 is 1.74 bits per heavy atom. The normalized spacial score (nSPS) is 20.1. The van der Waals surface area contributed by atoms with E-state index in [-0.39, 0.29) is 22.8 Å². The number of amides is 2. The highest BCUT2D eigenvalue weighted by molar-refractivity contribution is 6.33. The number of hydrogen-bond donors (Lipinski definition) is 3. The standard InChI is InChI=1S/C24H30ClF3N6O/c1-34(2)21-17-5-3-4-6-19(17)31-22(33-21)29-15-8-10-16(11-9-15)30-23(35)32-20-12-7-14(13-18(20)25)24(26,27)28/h7,12-13,15-16H,3-6,8-11H2,1-2H3,(H,29,31,33)(H2,30,32,35). The van der Waals surface area contributed by atoms with Gasteiger partial charge in [0.1, 0.15) is 5.82 Å². The number of aromatic nitrogens is 2. The zero-order chi connectivity index (χ0) is 25.2. The maximum Gasteiger partial charge on any atom is 0.416 e. The smallest absolute Gasteiger partial charge is 0.362 e. The number of hydrogen-bond acceptors (Lipinski definition) is 5. The van der Waals surface area contributed by atoms with E-state index in [4.69, 9.17) is 21.6 Å². The van der Waals surface area contributed by atoms with E-state index in [1.54, 1.807) is 0 Å². The molecule has 3 N–H and O–H groups in total. The fourth-order valence-electron chi connectivity index (χ4n) is 4.71. The van der Waals surface area contributed by atoms with E-state index in [1.165, 1.54) is 12.0 Å². The topological polar surface area (TPSA) is 82.2 Å². The summed E-state index contributed by atoms with van der Waals surface area (Å²) in [4.78, 5) is 24.0. The molecule has 0 unspecified atom stereocenters. The minimum atomic E-state index is -4.49. The molecule has 0 bridgehead atoms. The third kappa shape index (κ3) is 6.28. The largest absolute Gasteiger partial charge is 0.416 e.